The molecule has 0 aliphatic rings. The van der Waals surface area contributed by atoms with Crippen molar-refractivity contribution in [1.29, 1.82) is 0 Å². The first-order valence-corrected chi connectivity index (χ1v) is 10.9. The largest absolute Gasteiger partial charge is 0.436 e. The van der Waals surface area contributed by atoms with E-state index in [0.717, 1.165) is 28.0 Å². The Morgan fingerprint density at radius 2 is 1.22 bits per heavy atom. The molecule has 0 saturated carbocycles. The first kappa shape index (κ1) is 20.1. The van der Waals surface area contributed by atoms with Gasteiger partial charge in [0.05, 0.1) is 5.69 Å². The van der Waals surface area contributed by atoms with Crippen LogP contribution in [0.25, 0.3) is 33.7 Å². The fourth-order valence-corrected chi connectivity index (χ4v) is 4.14. The van der Waals surface area contributed by atoms with Crippen molar-refractivity contribution < 1.29 is 4.42 Å². The van der Waals surface area contributed by atoms with Gasteiger partial charge in [0, 0.05) is 16.8 Å². The zero-order valence-electron chi connectivity index (χ0n) is 18.6. The third-order valence-corrected chi connectivity index (χ3v) is 5.56. The Labute approximate surface area is 189 Å². The van der Waals surface area contributed by atoms with Crippen molar-refractivity contribution >= 4 is 22.5 Å². The lowest BCUT2D eigenvalue weighted by molar-refractivity contribution is 0.561. The van der Waals surface area contributed by atoms with E-state index in [9.17, 15) is 0 Å². The normalized spacial score (nSPS) is 11.6. The summed E-state index contributed by atoms with van der Waals surface area (Å²) in [5.74, 6) is 0.640. The second-order valence-electron chi connectivity index (χ2n) is 8.93. The van der Waals surface area contributed by atoms with Crippen LogP contribution in [0, 0.1) is 0 Å². The second kappa shape index (κ2) is 8.01. The summed E-state index contributed by atoms with van der Waals surface area (Å²) in [6, 6.07) is 35.4. The van der Waals surface area contributed by atoms with Gasteiger partial charge < -0.3 is 9.32 Å². The summed E-state index contributed by atoms with van der Waals surface area (Å²) < 4.78 is 6.13. The molecule has 5 aromatic rings. The fraction of sp³-hybridized carbons (Fsp3) is 0.138. The van der Waals surface area contributed by atoms with E-state index in [1.807, 2.05) is 48.5 Å². The van der Waals surface area contributed by atoms with Crippen LogP contribution in [-0.4, -0.2) is 10.5 Å². The summed E-state index contributed by atoms with van der Waals surface area (Å²) in [5.41, 5.74) is 7.05. The smallest absolute Gasteiger partial charge is 0.227 e. The number of hydrogen-bond acceptors (Lipinski definition) is 3. The predicted molar refractivity (Wildman–Crippen MR) is 133 cm³/mol. The first-order chi connectivity index (χ1) is 15.5. The number of anilines is 2. The molecular weight excluding hydrogens is 392 g/mol. The van der Waals surface area contributed by atoms with Crippen LogP contribution < -0.4 is 4.90 Å². The van der Waals surface area contributed by atoms with Gasteiger partial charge in [0.15, 0.2) is 5.58 Å². The molecule has 0 spiro atoms. The van der Waals surface area contributed by atoms with Gasteiger partial charge in [0.25, 0.3) is 0 Å². The van der Waals surface area contributed by atoms with Crippen LogP contribution in [0.4, 0.5) is 11.4 Å². The number of fused-ring (bicyclic) bond motifs is 1. The Morgan fingerprint density at radius 3 is 1.84 bits per heavy atom. The highest BCUT2D eigenvalue weighted by Gasteiger charge is 2.26. The highest BCUT2D eigenvalue weighted by molar-refractivity contribution is 5.92. The summed E-state index contributed by atoms with van der Waals surface area (Å²) in [7, 11) is 0. The minimum Gasteiger partial charge on any atom is -0.436 e. The van der Waals surface area contributed by atoms with E-state index >= 15 is 0 Å². The van der Waals surface area contributed by atoms with Crippen LogP contribution in [0.15, 0.2) is 108 Å². The topological polar surface area (TPSA) is 29.3 Å². The standard InChI is InChI=1S/C29H26N2O/c1-29(2,3)31(24-19-17-22(18-20-24)21-11-6-4-7-12-21)25-15-10-16-26-27(25)30-28(32-26)23-13-8-5-9-14-23/h4-20H,1-3H3. The Balaban J connectivity index is 1.61. The van der Waals surface area contributed by atoms with E-state index in [4.69, 9.17) is 9.40 Å². The SMILES string of the molecule is CC(C)(C)N(c1ccc(-c2ccccc2)cc1)c1cccc2oc(-c3ccccc3)nc12. The van der Waals surface area contributed by atoms with Crippen LogP contribution in [0.3, 0.4) is 0 Å². The van der Waals surface area contributed by atoms with E-state index in [2.05, 4.69) is 80.3 Å². The minimum atomic E-state index is -0.158. The molecule has 32 heavy (non-hydrogen) atoms. The highest BCUT2D eigenvalue weighted by atomic mass is 16.3. The van der Waals surface area contributed by atoms with Gasteiger partial charge in [-0.1, -0.05) is 66.7 Å². The maximum absolute atomic E-state index is 6.13. The van der Waals surface area contributed by atoms with Gasteiger partial charge >= 0.3 is 0 Å². The zero-order valence-corrected chi connectivity index (χ0v) is 18.6. The lowest BCUT2D eigenvalue weighted by atomic mass is 10.0. The maximum atomic E-state index is 6.13. The number of benzene rings is 4. The Kier molecular flexibility index (Phi) is 5.02. The first-order valence-electron chi connectivity index (χ1n) is 10.9. The molecular formula is C29H26N2O. The minimum absolute atomic E-state index is 0.158. The summed E-state index contributed by atoms with van der Waals surface area (Å²) >= 11 is 0. The van der Waals surface area contributed by atoms with Crippen LogP contribution in [0.5, 0.6) is 0 Å². The predicted octanol–water partition coefficient (Wildman–Crippen LogP) is 8.10. The molecule has 3 heteroatoms. The van der Waals surface area contributed by atoms with E-state index in [1.54, 1.807) is 0 Å². The number of oxazole rings is 1. The van der Waals surface area contributed by atoms with Crippen molar-refractivity contribution in [1.82, 2.24) is 4.98 Å². The molecule has 3 nitrogen and oxygen atoms in total. The number of para-hydroxylation sites is 1. The van der Waals surface area contributed by atoms with Gasteiger partial charge in [0.2, 0.25) is 5.89 Å². The molecule has 0 radical (unpaired) electrons. The molecule has 1 heterocycles. The average Bonchev–Trinajstić information content (AvgIpc) is 3.25. The Morgan fingerprint density at radius 1 is 0.625 bits per heavy atom. The van der Waals surface area contributed by atoms with Crippen molar-refractivity contribution in [3.63, 3.8) is 0 Å². The maximum Gasteiger partial charge on any atom is 0.227 e. The Bertz CT molecular complexity index is 1330. The van der Waals surface area contributed by atoms with E-state index < -0.39 is 0 Å². The molecule has 5 rings (SSSR count). The molecule has 0 unspecified atom stereocenters. The van der Waals surface area contributed by atoms with Gasteiger partial charge in [-0.15, -0.1) is 0 Å². The summed E-state index contributed by atoms with van der Waals surface area (Å²) in [6.45, 7) is 6.65. The van der Waals surface area contributed by atoms with Crippen molar-refractivity contribution in [2.45, 2.75) is 26.3 Å². The molecule has 1 aromatic heterocycles. The monoisotopic (exact) mass is 418 g/mol. The molecule has 0 bridgehead atoms. The molecule has 4 aromatic carbocycles. The fourth-order valence-electron chi connectivity index (χ4n) is 4.14. The number of aromatic nitrogens is 1. The third-order valence-electron chi connectivity index (χ3n) is 5.56. The zero-order chi connectivity index (χ0) is 22.1. The molecule has 0 aliphatic heterocycles. The molecule has 0 amide bonds. The van der Waals surface area contributed by atoms with Gasteiger partial charge in [-0.2, -0.15) is 0 Å². The van der Waals surface area contributed by atoms with Crippen LogP contribution in [0.1, 0.15) is 20.8 Å². The summed E-state index contributed by atoms with van der Waals surface area (Å²) in [4.78, 5) is 7.23. The van der Waals surface area contributed by atoms with E-state index in [1.165, 1.54) is 11.1 Å². The summed E-state index contributed by atoms with van der Waals surface area (Å²) in [5, 5.41) is 0. The molecule has 0 atom stereocenters. The molecule has 0 saturated heterocycles. The number of hydrogen-bond donors (Lipinski definition) is 0. The van der Waals surface area contributed by atoms with E-state index in [-0.39, 0.29) is 5.54 Å². The van der Waals surface area contributed by atoms with Crippen molar-refractivity contribution in [3.05, 3.63) is 103 Å². The van der Waals surface area contributed by atoms with E-state index in [0.29, 0.717) is 5.89 Å². The second-order valence-corrected chi connectivity index (χ2v) is 8.93. The van der Waals surface area contributed by atoms with Crippen LogP contribution >= 0.6 is 0 Å². The lowest BCUT2D eigenvalue weighted by Crippen LogP contribution is -2.37. The van der Waals surface area contributed by atoms with Crippen molar-refractivity contribution in [2.24, 2.45) is 0 Å². The summed E-state index contributed by atoms with van der Waals surface area (Å²) in [6.07, 6.45) is 0. The average molecular weight is 419 g/mol. The van der Waals surface area contributed by atoms with Gasteiger partial charge in [-0.05, 0) is 68.3 Å². The molecule has 0 N–H and O–H groups in total. The van der Waals surface area contributed by atoms with Crippen LogP contribution in [-0.2, 0) is 0 Å². The lowest BCUT2D eigenvalue weighted by Gasteiger charge is -2.38. The number of nitrogens with zero attached hydrogens (tertiary/aromatic N) is 2. The van der Waals surface area contributed by atoms with Crippen molar-refractivity contribution in [2.75, 3.05) is 4.90 Å². The van der Waals surface area contributed by atoms with Crippen molar-refractivity contribution in [3.8, 4) is 22.6 Å². The number of rotatable bonds is 4. The van der Waals surface area contributed by atoms with Gasteiger partial charge in [0.1, 0.15) is 5.52 Å². The Hall–Kier alpha value is -3.85. The quantitative estimate of drug-likeness (QED) is 0.295. The van der Waals surface area contributed by atoms with Gasteiger partial charge in [-0.3, -0.25) is 0 Å². The highest BCUT2D eigenvalue weighted by Crippen LogP contribution is 2.39. The molecule has 158 valence electrons. The third kappa shape index (κ3) is 3.78. The molecule has 0 aliphatic carbocycles. The van der Waals surface area contributed by atoms with Crippen LogP contribution in [0.2, 0.25) is 0 Å². The molecule has 0 fully saturated rings. The van der Waals surface area contributed by atoms with Gasteiger partial charge in [-0.25, -0.2) is 4.98 Å².